The van der Waals surface area contributed by atoms with Gasteiger partial charge in [-0.05, 0) is 58.8 Å². The van der Waals surface area contributed by atoms with Crippen LogP contribution in [0.15, 0.2) is 22.7 Å². The topological polar surface area (TPSA) is 0 Å². The molecule has 0 atom stereocenters. The molecule has 1 saturated carbocycles. The summed E-state index contributed by atoms with van der Waals surface area (Å²) in [6, 6.07) is 5.40. The van der Waals surface area contributed by atoms with Crippen LogP contribution in [-0.4, -0.2) is 0 Å². The van der Waals surface area contributed by atoms with Crippen molar-refractivity contribution in [3.63, 3.8) is 0 Å². The molecule has 0 spiro atoms. The van der Waals surface area contributed by atoms with Crippen molar-refractivity contribution in [1.82, 2.24) is 0 Å². The molecule has 0 amide bonds. The summed E-state index contributed by atoms with van der Waals surface area (Å²) in [6.45, 7) is 0. The first-order chi connectivity index (χ1) is 5.75. The van der Waals surface area contributed by atoms with Crippen LogP contribution < -0.4 is 0 Å². The minimum Gasteiger partial charge on any atom is -0.206 e. The fourth-order valence-electron chi connectivity index (χ4n) is 1.32. The molecule has 2 heteroatoms. The summed E-state index contributed by atoms with van der Waals surface area (Å²) in [5, 5.41) is 0. The summed E-state index contributed by atoms with van der Waals surface area (Å²) in [5.74, 6) is 0.679. The smallest absolute Gasteiger partial charge is 0.137 e. The van der Waals surface area contributed by atoms with E-state index < -0.39 is 0 Å². The highest BCUT2D eigenvalue weighted by atomic mass is 79.9. The molecule has 0 radical (unpaired) electrons. The van der Waals surface area contributed by atoms with Gasteiger partial charge in [-0.2, -0.15) is 0 Å². The molecule has 2 rings (SSSR count). The lowest BCUT2D eigenvalue weighted by atomic mass is 10.1. The highest BCUT2D eigenvalue weighted by molar-refractivity contribution is 9.10. The van der Waals surface area contributed by atoms with Gasteiger partial charge in [0.15, 0.2) is 0 Å². The maximum Gasteiger partial charge on any atom is 0.137 e. The fraction of sp³-hybridized carbons (Fsp3) is 0.400. The first kappa shape index (κ1) is 8.24. The summed E-state index contributed by atoms with van der Waals surface area (Å²) >= 11 is 3.14. The summed E-state index contributed by atoms with van der Waals surface area (Å²) in [6.07, 6.45) is 3.68. The van der Waals surface area contributed by atoms with E-state index >= 15 is 0 Å². The molecule has 0 unspecified atom stereocenters. The molecule has 12 heavy (non-hydrogen) atoms. The zero-order chi connectivity index (χ0) is 8.55. The van der Waals surface area contributed by atoms with Crippen LogP contribution >= 0.6 is 15.9 Å². The van der Waals surface area contributed by atoms with Crippen LogP contribution in [0.1, 0.15) is 18.4 Å². The Bertz CT molecular complexity index is 292. The van der Waals surface area contributed by atoms with Crippen LogP contribution in [0.5, 0.6) is 0 Å². The van der Waals surface area contributed by atoms with Crippen molar-refractivity contribution in [2.75, 3.05) is 0 Å². The predicted octanol–water partition coefficient (Wildman–Crippen LogP) is 3.54. The summed E-state index contributed by atoms with van der Waals surface area (Å²) < 4.78 is 13.6. The molecular formula is C10H10BrF. The van der Waals surface area contributed by atoms with Gasteiger partial charge < -0.3 is 0 Å². The quantitative estimate of drug-likeness (QED) is 0.727. The van der Waals surface area contributed by atoms with Crippen LogP contribution in [0.3, 0.4) is 0 Å². The van der Waals surface area contributed by atoms with E-state index in [9.17, 15) is 4.39 Å². The van der Waals surface area contributed by atoms with E-state index in [-0.39, 0.29) is 5.82 Å². The van der Waals surface area contributed by atoms with Gasteiger partial charge in [-0.25, -0.2) is 4.39 Å². The van der Waals surface area contributed by atoms with Crippen LogP contribution in [0, 0.1) is 11.7 Å². The predicted molar refractivity (Wildman–Crippen MR) is 50.5 cm³/mol. The summed E-state index contributed by atoms with van der Waals surface area (Å²) in [4.78, 5) is 0. The van der Waals surface area contributed by atoms with E-state index in [1.807, 2.05) is 6.07 Å². The lowest BCUT2D eigenvalue weighted by molar-refractivity contribution is 0.617. The average Bonchev–Trinajstić information content (AvgIpc) is 2.81. The van der Waals surface area contributed by atoms with E-state index in [1.54, 1.807) is 12.1 Å². The fourth-order valence-corrected chi connectivity index (χ4v) is 1.57. The van der Waals surface area contributed by atoms with Gasteiger partial charge in [0, 0.05) is 0 Å². The lowest BCUT2D eigenvalue weighted by Crippen LogP contribution is -1.88. The van der Waals surface area contributed by atoms with Crippen molar-refractivity contribution in [2.24, 2.45) is 5.92 Å². The van der Waals surface area contributed by atoms with Gasteiger partial charge in [-0.3, -0.25) is 0 Å². The Kier molecular flexibility index (Phi) is 2.18. The third-order valence-electron chi connectivity index (χ3n) is 2.21. The number of benzene rings is 1. The van der Waals surface area contributed by atoms with E-state index in [2.05, 4.69) is 15.9 Å². The third kappa shape index (κ3) is 1.86. The van der Waals surface area contributed by atoms with Gasteiger partial charge in [0.2, 0.25) is 0 Å². The Morgan fingerprint density at radius 3 is 2.75 bits per heavy atom. The third-order valence-corrected chi connectivity index (χ3v) is 2.85. The zero-order valence-corrected chi connectivity index (χ0v) is 8.27. The van der Waals surface area contributed by atoms with Crippen molar-refractivity contribution < 1.29 is 4.39 Å². The minimum atomic E-state index is -0.145. The van der Waals surface area contributed by atoms with Crippen LogP contribution in [0.4, 0.5) is 4.39 Å². The molecule has 0 heterocycles. The number of hydrogen-bond acceptors (Lipinski definition) is 0. The molecule has 0 nitrogen and oxygen atoms in total. The van der Waals surface area contributed by atoms with E-state index in [0.717, 1.165) is 17.9 Å². The van der Waals surface area contributed by atoms with Crippen LogP contribution in [0.2, 0.25) is 0 Å². The monoisotopic (exact) mass is 228 g/mol. The molecule has 0 aromatic heterocycles. The Hall–Kier alpha value is -0.370. The first-order valence-electron chi connectivity index (χ1n) is 4.19. The van der Waals surface area contributed by atoms with Crippen LogP contribution in [-0.2, 0) is 6.42 Å². The maximum atomic E-state index is 13.0. The summed E-state index contributed by atoms with van der Waals surface area (Å²) in [5.41, 5.74) is 1.12. The molecular weight excluding hydrogens is 219 g/mol. The standard InChI is InChI=1S/C10H10BrF/c11-9-4-3-8(6-10(9)12)5-7-1-2-7/h3-4,6-7H,1-2,5H2. The molecule has 1 aromatic rings. The highest BCUT2D eigenvalue weighted by Gasteiger charge is 2.21. The SMILES string of the molecule is Fc1cc(CC2CC2)ccc1Br. The van der Waals surface area contributed by atoms with Crippen molar-refractivity contribution in [2.45, 2.75) is 19.3 Å². The zero-order valence-electron chi connectivity index (χ0n) is 6.69. The molecule has 0 saturated heterocycles. The second-order valence-electron chi connectivity index (χ2n) is 3.40. The van der Waals surface area contributed by atoms with Crippen molar-refractivity contribution in [3.8, 4) is 0 Å². The molecule has 64 valence electrons. The Labute approximate surface area is 79.9 Å². The largest absolute Gasteiger partial charge is 0.206 e. The first-order valence-corrected chi connectivity index (χ1v) is 4.99. The Balaban J connectivity index is 2.15. The molecule has 0 bridgehead atoms. The van der Waals surface area contributed by atoms with Gasteiger partial charge in [0.25, 0.3) is 0 Å². The van der Waals surface area contributed by atoms with Gasteiger partial charge in [0.05, 0.1) is 4.47 Å². The second-order valence-corrected chi connectivity index (χ2v) is 4.25. The van der Waals surface area contributed by atoms with Crippen molar-refractivity contribution in [1.29, 1.82) is 0 Å². The van der Waals surface area contributed by atoms with E-state index in [1.165, 1.54) is 12.8 Å². The molecule has 1 aliphatic carbocycles. The maximum absolute atomic E-state index is 13.0. The van der Waals surface area contributed by atoms with Gasteiger partial charge in [0.1, 0.15) is 5.82 Å². The number of rotatable bonds is 2. The Morgan fingerprint density at radius 1 is 1.42 bits per heavy atom. The second kappa shape index (κ2) is 3.17. The van der Waals surface area contributed by atoms with Crippen molar-refractivity contribution >= 4 is 15.9 Å². The summed E-state index contributed by atoms with van der Waals surface area (Å²) in [7, 11) is 0. The van der Waals surface area contributed by atoms with E-state index in [0.29, 0.717) is 4.47 Å². The van der Waals surface area contributed by atoms with Gasteiger partial charge in [-0.1, -0.05) is 6.07 Å². The van der Waals surface area contributed by atoms with Crippen molar-refractivity contribution in [3.05, 3.63) is 34.1 Å². The van der Waals surface area contributed by atoms with Gasteiger partial charge in [-0.15, -0.1) is 0 Å². The van der Waals surface area contributed by atoms with Gasteiger partial charge >= 0.3 is 0 Å². The lowest BCUT2D eigenvalue weighted by Gasteiger charge is -2.00. The average molecular weight is 229 g/mol. The normalized spacial score (nSPS) is 16.5. The molecule has 0 N–H and O–H groups in total. The molecule has 1 aliphatic rings. The molecule has 0 aliphatic heterocycles. The number of hydrogen-bond donors (Lipinski definition) is 0. The Morgan fingerprint density at radius 2 is 2.17 bits per heavy atom. The highest BCUT2D eigenvalue weighted by Crippen LogP contribution is 2.33. The molecule has 1 aromatic carbocycles. The van der Waals surface area contributed by atoms with E-state index in [4.69, 9.17) is 0 Å². The number of halogens is 2. The molecule has 1 fully saturated rings. The minimum absolute atomic E-state index is 0.145. The van der Waals surface area contributed by atoms with Crippen LogP contribution in [0.25, 0.3) is 0 Å².